The Balaban J connectivity index is 2.33. The highest BCUT2D eigenvalue weighted by Gasteiger charge is 2.22. The van der Waals surface area contributed by atoms with Gasteiger partial charge in [-0.3, -0.25) is 4.40 Å². The molecule has 0 bridgehead atoms. The zero-order valence-electron chi connectivity index (χ0n) is 13.0. The molecule has 22 heavy (non-hydrogen) atoms. The molecular weight excluding hydrogens is 276 g/mol. The number of ether oxygens (including phenoxy) is 1. The van der Waals surface area contributed by atoms with Gasteiger partial charge in [-0.2, -0.15) is 0 Å². The van der Waals surface area contributed by atoms with E-state index in [1.165, 1.54) is 0 Å². The van der Waals surface area contributed by atoms with E-state index in [2.05, 4.69) is 11.1 Å². The second kappa shape index (κ2) is 5.64. The molecule has 0 saturated heterocycles. The molecule has 3 rings (SSSR count). The fourth-order valence-electron chi connectivity index (χ4n) is 2.68. The summed E-state index contributed by atoms with van der Waals surface area (Å²) >= 11 is 0. The Morgan fingerprint density at radius 3 is 2.64 bits per heavy atom. The largest absolute Gasteiger partial charge is 0.461 e. The number of carbonyl (C=O) groups excluding carboxylic acids is 1. The number of carbonyl (C=O) groups is 1. The molecule has 3 aromatic rings. The van der Waals surface area contributed by atoms with Crippen LogP contribution in [0.5, 0.6) is 0 Å². The van der Waals surface area contributed by atoms with Crippen molar-refractivity contribution in [2.45, 2.75) is 20.8 Å². The van der Waals surface area contributed by atoms with Crippen molar-refractivity contribution in [3.8, 4) is 11.3 Å². The molecular formula is C18H18N2O2. The molecule has 0 radical (unpaired) electrons. The van der Waals surface area contributed by atoms with Gasteiger partial charge in [0, 0.05) is 11.8 Å². The molecule has 0 amide bonds. The zero-order valence-corrected chi connectivity index (χ0v) is 13.0. The molecule has 1 aromatic carbocycles. The van der Waals surface area contributed by atoms with Gasteiger partial charge in [-0.25, -0.2) is 9.78 Å². The molecule has 0 aliphatic carbocycles. The van der Waals surface area contributed by atoms with Gasteiger partial charge in [0.1, 0.15) is 11.3 Å². The molecule has 0 aliphatic rings. The number of rotatable bonds is 3. The number of esters is 1. The minimum atomic E-state index is -0.348. The number of nitrogens with zero attached hydrogens (tertiary/aromatic N) is 2. The maximum Gasteiger partial charge on any atom is 0.357 e. The summed E-state index contributed by atoms with van der Waals surface area (Å²) < 4.78 is 7.07. The molecule has 0 atom stereocenters. The van der Waals surface area contributed by atoms with Crippen LogP contribution in [0, 0.1) is 13.8 Å². The quantitative estimate of drug-likeness (QED) is 0.690. The van der Waals surface area contributed by atoms with Crippen molar-refractivity contribution in [3.63, 3.8) is 0 Å². The first-order valence-corrected chi connectivity index (χ1v) is 7.33. The third-order valence-electron chi connectivity index (χ3n) is 3.56. The summed E-state index contributed by atoms with van der Waals surface area (Å²) in [6.45, 7) is 6.15. The lowest BCUT2D eigenvalue weighted by Gasteiger charge is -2.06. The molecule has 2 heterocycles. The Labute approximate surface area is 129 Å². The van der Waals surface area contributed by atoms with Crippen molar-refractivity contribution in [3.05, 3.63) is 59.4 Å². The monoisotopic (exact) mass is 294 g/mol. The van der Waals surface area contributed by atoms with E-state index in [0.717, 1.165) is 22.3 Å². The Morgan fingerprint density at radius 2 is 1.95 bits per heavy atom. The topological polar surface area (TPSA) is 43.6 Å². The van der Waals surface area contributed by atoms with Gasteiger partial charge in [0.15, 0.2) is 5.69 Å². The van der Waals surface area contributed by atoms with Gasteiger partial charge >= 0.3 is 5.97 Å². The van der Waals surface area contributed by atoms with Crippen LogP contribution in [0.15, 0.2) is 42.6 Å². The summed E-state index contributed by atoms with van der Waals surface area (Å²) in [5, 5.41) is 0. The Kier molecular flexibility index (Phi) is 3.67. The zero-order chi connectivity index (χ0) is 15.7. The van der Waals surface area contributed by atoms with E-state index >= 15 is 0 Å². The first-order valence-electron chi connectivity index (χ1n) is 7.33. The Bertz CT molecular complexity index is 835. The molecule has 112 valence electrons. The summed E-state index contributed by atoms with van der Waals surface area (Å²) in [7, 11) is 0. The number of aryl methyl sites for hydroxylation is 2. The van der Waals surface area contributed by atoms with Gasteiger partial charge < -0.3 is 4.74 Å². The normalized spacial score (nSPS) is 10.9. The molecule has 0 spiro atoms. The summed E-state index contributed by atoms with van der Waals surface area (Å²) in [4.78, 5) is 17.1. The maximum atomic E-state index is 12.5. The molecule has 4 nitrogen and oxygen atoms in total. The van der Waals surface area contributed by atoms with E-state index < -0.39 is 0 Å². The predicted molar refractivity (Wildman–Crippen MR) is 86.1 cm³/mol. The summed E-state index contributed by atoms with van der Waals surface area (Å²) in [5.41, 5.74) is 4.95. The average Bonchev–Trinajstić information content (AvgIpc) is 2.88. The fraction of sp³-hybridized carbons (Fsp3) is 0.222. The van der Waals surface area contributed by atoms with Crippen LogP contribution >= 0.6 is 0 Å². The highest BCUT2D eigenvalue weighted by molar-refractivity contribution is 5.96. The van der Waals surface area contributed by atoms with E-state index in [4.69, 9.17) is 4.74 Å². The third-order valence-corrected chi connectivity index (χ3v) is 3.56. The van der Waals surface area contributed by atoms with E-state index in [-0.39, 0.29) is 5.97 Å². The van der Waals surface area contributed by atoms with Gasteiger partial charge in [0.05, 0.1) is 6.61 Å². The maximum absolute atomic E-state index is 12.5. The van der Waals surface area contributed by atoms with Crippen LogP contribution in [0.2, 0.25) is 0 Å². The van der Waals surface area contributed by atoms with Crippen LogP contribution in [-0.2, 0) is 4.74 Å². The molecule has 0 fully saturated rings. The van der Waals surface area contributed by atoms with Crippen LogP contribution in [0.4, 0.5) is 0 Å². The summed E-state index contributed by atoms with van der Waals surface area (Å²) in [6.07, 6.45) is 1.92. The van der Waals surface area contributed by atoms with Gasteiger partial charge in [-0.1, -0.05) is 36.4 Å². The SMILES string of the molecule is CCOC(=O)c1c(-c2ccccc2)nc2c(C)cc(C)cn12. The number of aromatic nitrogens is 2. The first-order chi connectivity index (χ1) is 10.6. The van der Waals surface area contributed by atoms with Crippen molar-refractivity contribution in [2.24, 2.45) is 0 Å². The number of hydrogen-bond acceptors (Lipinski definition) is 3. The minimum Gasteiger partial charge on any atom is -0.461 e. The second-order valence-electron chi connectivity index (χ2n) is 5.29. The van der Waals surface area contributed by atoms with E-state index in [1.807, 2.05) is 54.8 Å². The van der Waals surface area contributed by atoms with Crippen molar-refractivity contribution < 1.29 is 9.53 Å². The lowest BCUT2D eigenvalue weighted by atomic mass is 10.1. The first kappa shape index (κ1) is 14.3. The number of imidazole rings is 1. The number of hydrogen-bond donors (Lipinski definition) is 0. The molecule has 4 heteroatoms. The van der Waals surface area contributed by atoms with Gasteiger partial charge in [-0.05, 0) is 31.9 Å². The van der Waals surface area contributed by atoms with Crippen LogP contribution < -0.4 is 0 Å². The van der Waals surface area contributed by atoms with E-state index in [1.54, 1.807) is 6.92 Å². The van der Waals surface area contributed by atoms with Crippen LogP contribution in [0.25, 0.3) is 16.9 Å². The van der Waals surface area contributed by atoms with E-state index in [9.17, 15) is 4.79 Å². The average molecular weight is 294 g/mol. The molecule has 0 aliphatic heterocycles. The van der Waals surface area contributed by atoms with Crippen molar-refractivity contribution in [1.82, 2.24) is 9.38 Å². The standard InChI is InChI=1S/C18H18N2O2/c1-4-22-18(21)16-15(14-8-6-5-7-9-14)19-17-13(3)10-12(2)11-20(16)17/h5-11H,4H2,1-3H3. The lowest BCUT2D eigenvalue weighted by Crippen LogP contribution is -2.09. The lowest BCUT2D eigenvalue weighted by molar-refractivity contribution is 0.0519. The van der Waals surface area contributed by atoms with Crippen LogP contribution in [-0.4, -0.2) is 22.0 Å². The highest BCUT2D eigenvalue weighted by Crippen LogP contribution is 2.27. The minimum absolute atomic E-state index is 0.338. The number of fused-ring (bicyclic) bond motifs is 1. The Morgan fingerprint density at radius 1 is 1.23 bits per heavy atom. The van der Waals surface area contributed by atoms with Crippen LogP contribution in [0.3, 0.4) is 0 Å². The van der Waals surface area contributed by atoms with Crippen molar-refractivity contribution >= 4 is 11.6 Å². The second-order valence-corrected chi connectivity index (χ2v) is 5.29. The number of pyridine rings is 1. The number of benzene rings is 1. The van der Waals surface area contributed by atoms with E-state index in [0.29, 0.717) is 18.0 Å². The molecule has 0 unspecified atom stereocenters. The molecule has 0 saturated carbocycles. The van der Waals surface area contributed by atoms with Gasteiger partial charge in [0.2, 0.25) is 0 Å². The Hall–Kier alpha value is -2.62. The third kappa shape index (κ3) is 2.37. The van der Waals surface area contributed by atoms with Crippen molar-refractivity contribution in [2.75, 3.05) is 6.61 Å². The van der Waals surface area contributed by atoms with Gasteiger partial charge in [0.25, 0.3) is 0 Å². The molecule has 2 aromatic heterocycles. The van der Waals surface area contributed by atoms with Crippen molar-refractivity contribution in [1.29, 1.82) is 0 Å². The van der Waals surface area contributed by atoms with Gasteiger partial charge in [-0.15, -0.1) is 0 Å². The highest BCUT2D eigenvalue weighted by atomic mass is 16.5. The molecule has 0 N–H and O–H groups in total. The summed E-state index contributed by atoms with van der Waals surface area (Å²) in [6, 6.07) is 11.8. The summed E-state index contributed by atoms with van der Waals surface area (Å²) in [5.74, 6) is -0.348. The van der Waals surface area contributed by atoms with Crippen LogP contribution in [0.1, 0.15) is 28.5 Å². The smallest absolute Gasteiger partial charge is 0.357 e. The fourth-order valence-corrected chi connectivity index (χ4v) is 2.68. The predicted octanol–water partition coefficient (Wildman–Crippen LogP) is 3.79.